The van der Waals surface area contributed by atoms with E-state index in [1.54, 1.807) is 23.2 Å². The Hall–Kier alpha value is -3.74. The second kappa shape index (κ2) is 21.0. The zero-order valence-electron chi connectivity index (χ0n) is 25.8. The highest BCUT2D eigenvalue weighted by molar-refractivity contribution is 5.97. The predicted molar refractivity (Wildman–Crippen MR) is 172 cm³/mol. The topological polar surface area (TPSA) is 82.6 Å². The van der Waals surface area contributed by atoms with E-state index < -0.39 is 6.04 Å². The molecule has 42 heavy (non-hydrogen) atoms. The molecule has 1 fully saturated rings. The van der Waals surface area contributed by atoms with Crippen LogP contribution in [0.1, 0.15) is 82.5 Å². The molecule has 2 heterocycles. The molecule has 2 rings (SSSR count). The van der Waals surface area contributed by atoms with E-state index >= 15 is 0 Å². The Morgan fingerprint density at radius 2 is 1.38 bits per heavy atom. The average Bonchev–Trinajstić information content (AvgIpc) is 3.01. The lowest BCUT2D eigenvalue weighted by Gasteiger charge is -2.37. The predicted octanol–water partition coefficient (Wildman–Crippen LogP) is 6.43. The Kier molecular flexibility index (Phi) is 17.3. The van der Waals surface area contributed by atoms with Crippen LogP contribution < -0.4 is 5.32 Å². The molecule has 0 radical (unpaired) electrons. The zero-order valence-corrected chi connectivity index (χ0v) is 25.8. The summed E-state index contributed by atoms with van der Waals surface area (Å²) in [6.45, 7) is 7.98. The van der Waals surface area contributed by atoms with Crippen molar-refractivity contribution < 1.29 is 14.4 Å². The van der Waals surface area contributed by atoms with Gasteiger partial charge in [-0.2, -0.15) is 0 Å². The number of rotatable bonds is 17. The van der Waals surface area contributed by atoms with Gasteiger partial charge in [0.05, 0.1) is 5.56 Å². The molecule has 1 atom stereocenters. The number of carbonyl (C=O) groups is 3. The molecule has 228 valence electrons. The third-order valence-corrected chi connectivity index (χ3v) is 7.01. The van der Waals surface area contributed by atoms with Gasteiger partial charge in [-0.25, -0.2) is 0 Å². The number of piperazine rings is 1. The van der Waals surface area contributed by atoms with Crippen molar-refractivity contribution in [2.75, 3.05) is 26.2 Å². The first-order chi connectivity index (χ1) is 20.4. The van der Waals surface area contributed by atoms with E-state index in [0.717, 1.165) is 44.9 Å². The number of carbonyl (C=O) groups excluding carboxylic acids is 3. The van der Waals surface area contributed by atoms with Crippen molar-refractivity contribution in [1.29, 1.82) is 0 Å². The summed E-state index contributed by atoms with van der Waals surface area (Å²) >= 11 is 0. The summed E-state index contributed by atoms with van der Waals surface area (Å²) in [6, 6.07) is 2.75. The molecule has 1 N–H and O–H groups in total. The molecule has 1 aromatic rings. The summed E-state index contributed by atoms with van der Waals surface area (Å²) in [7, 11) is 0. The summed E-state index contributed by atoms with van der Waals surface area (Å²) in [6.07, 6.45) is 32.1. The van der Waals surface area contributed by atoms with Gasteiger partial charge in [0, 0.05) is 45.0 Å². The quantitative estimate of drug-likeness (QED) is 0.172. The molecule has 0 bridgehead atoms. The van der Waals surface area contributed by atoms with Crippen molar-refractivity contribution in [3.63, 3.8) is 0 Å². The molecule has 1 saturated heterocycles. The molecule has 0 saturated carbocycles. The van der Waals surface area contributed by atoms with Gasteiger partial charge in [-0.3, -0.25) is 19.4 Å². The average molecular weight is 575 g/mol. The Balaban J connectivity index is 1.59. The van der Waals surface area contributed by atoms with E-state index in [9.17, 15) is 14.4 Å². The maximum atomic E-state index is 13.2. The number of allylic oxidation sites excluding steroid dienone is 10. The van der Waals surface area contributed by atoms with E-state index in [2.05, 4.69) is 78.0 Å². The molecule has 1 aliphatic rings. The second-order valence-corrected chi connectivity index (χ2v) is 10.7. The Bertz CT molecular complexity index is 1080. The molecule has 1 unspecified atom stereocenters. The molecule has 3 amide bonds. The number of hydrogen-bond donors (Lipinski definition) is 1. The van der Waals surface area contributed by atoms with Crippen molar-refractivity contribution in [2.45, 2.75) is 78.2 Å². The van der Waals surface area contributed by atoms with Crippen LogP contribution in [0.2, 0.25) is 0 Å². The molecular formula is C35H50N4O3. The summed E-state index contributed by atoms with van der Waals surface area (Å²) in [5.74, 6) is -0.335. The lowest BCUT2D eigenvalue weighted by Crippen LogP contribution is -2.57. The third-order valence-electron chi connectivity index (χ3n) is 7.01. The highest BCUT2D eigenvalue weighted by Crippen LogP contribution is 2.12. The van der Waals surface area contributed by atoms with Crippen LogP contribution >= 0.6 is 0 Å². The van der Waals surface area contributed by atoms with Crippen molar-refractivity contribution in [2.24, 2.45) is 5.92 Å². The van der Waals surface area contributed by atoms with E-state index in [-0.39, 0.29) is 23.6 Å². The fourth-order valence-electron chi connectivity index (χ4n) is 4.51. The number of nitrogens with zero attached hydrogens (tertiary/aromatic N) is 3. The van der Waals surface area contributed by atoms with E-state index in [1.165, 1.54) is 6.20 Å². The molecule has 1 aromatic heterocycles. The van der Waals surface area contributed by atoms with Gasteiger partial charge in [0.15, 0.2) is 0 Å². The van der Waals surface area contributed by atoms with Crippen LogP contribution in [0, 0.1) is 5.92 Å². The SMILES string of the molecule is CCC=CCC=CCC=CCC=CCC=CCCCC(=O)N1CCN(C(=O)C(NC(=O)c2cccnc2)C(C)C)CC1. The number of nitrogens with one attached hydrogen (secondary N) is 1. The highest BCUT2D eigenvalue weighted by Gasteiger charge is 2.31. The maximum Gasteiger partial charge on any atom is 0.253 e. The van der Waals surface area contributed by atoms with Gasteiger partial charge in [0.1, 0.15) is 6.04 Å². The zero-order chi connectivity index (χ0) is 30.4. The van der Waals surface area contributed by atoms with Crippen LogP contribution in [-0.2, 0) is 9.59 Å². The van der Waals surface area contributed by atoms with Gasteiger partial charge >= 0.3 is 0 Å². The first-order valence-corrected chi connectivity index (χ1v) is 15.5. The Morgan fingerprint density at radius 1 is 0.833 bits per heavy atom. The normalized spacial score (nSPS) is 15.2. The molecule has 0 spiro atoms. The van der Waals surface area contributed by atoms with Gasteiger partial charge in [-0.15, -0.1) is 0 Å². The maximum absolute atomic E-state index is 13.2. The number of amides is 3. The fraction of sp³-hybridized carbons (Fsp3) is 0.486. The molecule has 0 aliphatic carbocycles. The summed E-state index contributed by atoms with van der Waals surface area (Å²) in [5, 5.41) is 2.87. The van der Waals surface area contributed by atoms with Crippen LogP contribution in [0.5, 0.6) is 0 Å². The van der Waals surface area contributed by atoms with Crippen LogP contribution in [0.25, 0.3) is 0 Å². The Morgan fingerprint density at radius 3 is 1.90 bits per heavy atom. The largest absolute Gasteiger partial charge is 0.340 e. The lowest BCUT2D eigenvalue weighted by molar-refractivity contribution is -0.141. The second-order valence-electron chi connectivity index (χ2n) is 10.7. The van der Waals surface area contributed by atoms with Crippen molar-refractivity contribution in [3.8, 4) is 0 Å². The van der Waals surface area contributed by atoms with E-state index in [0.29, 0.717) is 38.2 Å². The monoisotopic (exact) mass is 574 g/mol. The molecular weight excluding hydrogens is 524 g/mol. The van der Waals surface area contributed by atoms with Gasteiger partial charge in [-0.05, 0) is 63.0 Å². The number of aromatic nitrogens is 1. The van der Waals surface area contributed by atoms with Gasteiger partial charge in [0.25, 0.3) is 5.91 Å². The first-order valence-electron chi connectivity index (χ1n) is 15.5. The standard InChI is InChI=1S/C35H50N4O3/c1-4-5-6-7-8-9-10-11-12-13-14-15-16-17-18-19-20-23-32(40)38-25-27-39(28-26-38)35(42)33(30(2)3)37-34(41)31-22-21-24-36-29-31/h5-6,8-9,11-12,14-15,17-18,21-22,24,29-30,33H,4,7,10,13,16,19-20,23,25-28H2,1-3H3,(H,37,41). The first kappa shape index (κ1) is 34.5. The lowest BCUT2D eigenvalue weighted by atomic mass is 10.0. The van der Waals surface area contributed by atoms with Gasteiger partial charge in [0.2, 0.25) is 11.8 Å². The van der Waals surface area contributed by atoms with Crippen molar-refractivity contribution in [1.82, 2.24) is 20.1 Å². The fourth-order valence-corrected chi connectivity index (χ4v) is 4.51. The van der Waals surface area contributed by atoms with E-state index in [1.807, 2.05) is 18.7 Å². The number of pyridine rings is 1. The summed E-state index contributed by atoms with van der Waals surface area (Å²) in [4.78, 5) is 46.1. The highest BCUT2D eigenvalue weighted by atomic mass is 16.2. The van der Waals surface area contributed by atoms with Crippen molar-refractivity contribution in [3.05, 3.63) is 90.9 Å². The number of hydrogen-bond acceptors (Lipinski definition) is 4. The van der Waals surface area contributed by atoms with Crippen LogP contribution in [0.15, 0.2) is 85.3 Å². The number of unbranched alkanes of at least 4 members (excludes halogenated alkanes) is 1. The summed E-state index contributed by atoms with van der Waals surface area (Å²) < 4.78 is 0. The van der Waals surface area contributed by atoms with E-state index in [4.69, 9.17) is 0 Å². The molecule has 0 aromatic carbocycles. The minimum absolute atomic E-state index is 0.0614. The molecule has 7 heteroatoms. The Labute approximate surface area is 253 Å². The minimum Gasteiger partial charge on any atom is -0.340 e. The third kappa shape index (κ3) is 13.7. The summed E-state index contributed by atoms with van der Waals surface area (Å²) in [5.41, 5.74) is 0.427. The van der Waals surface area contributed by atoms with Gasteiger partial charge < -0.3 is 15.1 Å². The van der Waals surface area contributed by atoms with Crippen LogP contribution in [-0.4, -0.2) is 64.7 Å². The smallest absolute Gasteiger partial charge is 0.253 e. The molecule has 7 nitrogen and oxygen atoms in total. The van der Waals surface area contributed by atoms with Crippen molar-refractivity contribution >= 4 is 17.7 Å². The minimum atomic E-state index is -0.622. The van der Waals surface area contributed by atoms with Gasteiger partial charge in [-0.1, -0.05) is 81.5 Å². The van der Waals surface area contributed by atoms with Crippen LogP contribution in [0.3, 0.4) is 0 Å². The van der Waals surface area contributed by atoms with Crippen LogP contribution in [0.4, 0.5) is 0 Å². The molecule has 1 aliphatic heterocycles.